The van der Waals surface area contributed by atoms with Gasteiger partial charge in [-0.15, -0.1) is 0 Å². The number of aliphatic hydroxyl groups excluding tert-OH is 1. The third-order valence-corrected chi connectivity index (χ3v) is 2.49. The van der Waals surface area contributed by atoms with Crippen LogP contribution in [0, 0.1) is 22.7 Å². The maximum atomic E-state index is 12.7. The molecule has 162 valence electrons. The van der Waals surface area contributed by atoms with Crippen molar-refractivity contribution in [3.05, 3.63) is 66.3 Å². The van der Waals surface area contributed by atoms with Crippen LogP contribution in [0.15, 0.2) is 43.5 Å². The highest BCUT2D eigenvalue weighted by atomic mass is 19.1. The van der Waals surface area contributed by atoms with Crippen LogP contribution in [0.1, 0.15) is 39.3 Å². The Balaban J connectivity index is -0.000000415. The fourth-order valence-electron chi connectivity index (χ4n) is 1.64. The summed E-state index contributed by atoms with van der Waals surface area (Å²) < 4.78 is 30.1. The number of esters is 1. The van der Waals surface area contributed by atoms with Gasteiger partial charge in [-0.25, -0.2) is 19.8 Å². The quantitative estimate of drug-likeness (QED) is 0.493. The van der Waals surface area contributed by atoms with E-state index >= 15 is 0 Å². The second kappa shape index (κ2) is 17.1. The van der Waals surface area contributed by atoms with Gasteiger partial charge in [0, 0.05) is 19.5 Å². The van der Waals surface area contributed by atoms with Crippen LogP contribution < -0.4 is 0 Å². The molecule has 0 aliphatic heterocycles. The topological polar surface area (TPSA) is 120 Å². The van der Waals surface area contributed by atoms with Crippen molar-refractivity contribution in [1.82, 2.24) is 9.97 Å². The van der Waals surface area contributed by atoms with Gasteiger partial charge in [-0.1, -0.05) is 20.1 Å². The van der Waals surface area contributed by atoms with Gasteiger partial charge < -0.3 is 9.84 Å². The van der Waals surface area contributed by atoms with Crippen molar-refractivity contribution in [2.45, 2.75) is 40.2 Å². The highest BCUT2D eigenvalue weighted by molar-refractivity contribution is 5.72. The molecule has 0 saturated carbocycles. The lowest BCUT2D eigenvalue weighted by atomic mass is 10.1. The molecule has 0 aliphatic rings. The summed E-state index contributed by atoms with van der Waals surface area (Å²) in [5.41, 5.74) is 10.7. The van der Waals surface area contributed by atoms with Crippen molar-refractivity contribution in [2.24, 2.45) is 0 Å². The maximum Gasteiger partial charge on any atom is 0.310 e. The third-order valence-electron chi connectivity index (χ3n) is 2.49. The zero-order chi connectivity index (χ0) is 22.2. The van der Waals surface area contributed by atoms with E-state index in [-0.39, 0.29) is 25.6 Å². The zero-order valence-corrected chi connectivity index (χ0v) is 16.4. The van der Waals surface area contributed by atoms with Crippen LogP contribution in [-0.2, 0) is 16.0 Å². The monoisotopic (exact) mass is 412 g/mol. The fourth-order valence-corrected chi connectivity index (χ4v) is 1.64. The van der Waals surface area contributed by atoms with Gasteiger partial charge in [-0.2, -0.15) is 0 Å². The lowest BCUT2D eigenvalue weighted by Gasteiger charge is -2.19. The van der Waals surface area contributed by atoms with E-state index in [9.17, 15) is 13.6 Å². The highest BCUT2D eigenvalue weighted by Crippen LogP contribution is 2.10. The molecule has 0 radical (unpaired) electrons. The molecule has 29 heavy (non-hydrogen) atoms. The predicted octanol–water partition coefficient (Wildman–Crippen LogP) is 4.81. The molecule has 0 spiro atoms. The van der Waals surface area contributed by atoms with Crippen LogP contribution in [0.5, 0.6) is 0 Å². The number of hydrogen-bond donors (Lipinski definition) is 3. The van der Waals surface area contributed by atoms with Gasteiger partial charge in [0.2, 0.25) is 0 Å². The molecule has 0 saturated heterocycles. The number of rotatable bonds is 3. The fraction of sp³-hybridized carbons (Fsp3) is 0.350. The van der Waals surface area contributed by atoms with Crippen LogP contribution >= 0.6 is 0 Å². The minimum atomic E-state index is -0.516. The lowest BCUT2D eigenvalue weighted by molar-refractivity contribution is -0.153. The molecular formula is C20H30F2N4O3. The van der Waals surface area contributed by atoms with Crippen molar-refractivity contribution in [2.75, 3.05) is 7.11 Å². The van der Waals surface area contributed by atoms with Gasteiger partial charge in [0.15, 0.2) is 0 Å². The largest absolute Gasteiger partial charge is 0.460 e. The molecule has 7 nitrogen and oxygen atoms in total. The first-order chi connectivity index (χ1) is 13.2. The number of pyridine rings is 2. The van der Waals surface area contributed by atoms with E-state index in [1.54, 1.807) is 33.0 Å². The van der Waals surface area contributed by atoms with Crippen molar-refractivity contribution in [3.63, 3.8) is 0 Å². The SMILES string of the molecule is C.C=Cc1cncc(F)c1.CC(C)(C)OC(=O)Cc1cncc(F)c1.CO.N=N. The number of carbonyl (C=O) groups excluding carboxylic acids is 1. The van der Waals surface area contributed by atoms with E-state index in [1.165, 1.54) is 18.3 Å². The summed E-state index contributed by atoms with van der Waals surface area (Å²) in [5, 5.41) is 7.00. The molecule has 2 aromatic heterocycles. The summed E-state index contributed by atoms with van der Waals surface area (Å²) in [7, 11) is 1.00. The number of aliphatic hydroxyl groups is 1. The van der Waals surface area contributed by atoms with Crippen molar-refractivity contribution in [3.8, 4) is 0 Å². The van der Waals surface area contributed by atoms with Gasteiger partial charge in [-0.3, -0.25) is 14.8 Å². The molecule has 0 fully saturated rings. The molecule has 2 rings (SSSR count). The molecule has 2 aromatic rings. The lowest BCUT2D eigenvalue weighted by Crippen LogP contribution is -2.24. The van der Waals surface area contributed by atoms with Crippen molar-refractivity contribution in [1.29, 1.82) is 11.1 Å². The number of nitrogens with one attached hydrogen (secondary N) is 2. The second-order valence-electron chi connectivity index (χ2n) is 5.92. The molecule has 0 bridgehead atoms. The second-order valence-corrected chi connectivity index (χ2v) is 5.92. The van der Waals surface area contributed by atoms with Gasteiger partial charge in [-0.05, 0) is 44.0 Å². The average Bonchev–Trinajstić information content (AvgIpc) is 2.64. The smallest absolute Gasteiger partial charge is 0.310 e. The number of aromatic nitrogens is 2. The van der Waals surface area contributed by atoms with Crippen molar-refractivity contribution >= 4 is 12.0 Å². The van der Waals surface area contributed by atoms with E-state index in [1.807, 2.05) is 0 Å². The van der Waals surface area contributed by atoms with Crippen LogP contribution in [-0.4, -0.2) is 33.8 Å². The Labute approximate surface area is 170 Å². The van der Waals surface area contributed by atoms with Gasteiger partial charge in [0.1, 0.15) is 17.2 Å². The Morgan fingerprint density at radius 1 is 1.10 bits per heavy atom. The Morgan fingerprint density at radius 3 is 1.97 bits per heavy atom. The minimum Gasteiger partial charge on any atom is -0.460 e. The number of nitrogens with zero attached hydrogens (tertiary/aromatic N) is 2. The van der Waals surface area contributed by atoms with Crippen LogP contribution in [0.25, 0.3) is 6.08 Å². The molecule has 3 N–H and O–H groups in total. The van der Waals surface area contributed by atoms with E-state index in [0.717, 1.165) is 19.5 Å². The molecule has 0 unspecified atom stereocenters. The normalized spacial score (nSPS) is 8.93. The molecule has 0 aliphatic carbocycles. The minimum absolute atomic E-state index is 0. The molecular weight excluding hydrogens is 382 g/mol. The summed E-state index contributed by atoms with van der Waals surface area (Å²) in [6.07, 6.45) is 6.85. The van der Waals surface area contributed by atoms with Crippen molar-refractivity contribution < 1.29 is 23.4 Å². The number of hydrogen-bond acceptors (Lipinski definition) is 7. The van der Waals surface area contributed by atoms with Crippen LogP contribution in [0.3, 0.4) is 0 Å². The molecule has 0 atom stereocenters. The highest BCUT2D eigenvalue weighted by Gasteiger charge is 2.16. The van der Waals surface area contributed by atoms with Gasteiger partial charge >= 0.3 is 5.97 Å². The van der Waals surface area contributed by atoms with Crippen LogP contribution in [0.4, 0.5) is 8.78 Å². The standard InChI is InChI=1S/C11H14FNO2.C7H6FN.CH4O.CH4.H2N2/c1-11(2,3)15-10(14)5-8-4-9(12)7-13-6-8;1-2-6-3-7(8)5-9-4-6;1-2;;1-2/h4,6-7H,5H2,1-3H3;2-5H,1H2;2H,1H3;1H4;1-2H. The Kier molecular flexibility index (Phi) is 18.0. The molecule has 2 heterocycles. The summed E-state index contributed by atoms with van der Waals surface area (Å²) in [6.45, 7) is 8.82. The first-order valence-electron chi connectivity index (χ1n) is 7.93. The Hall–Kier alpha value is -3.07. The first kappa shape index (κ1) is 30.7. The first-order valence-corrected chi connectivity index (χ1v) is 7.93. The summed E-state index contributed by atoms with van der Waals surface area (Å²) in [5.74, 6) is -1.15. The van der Waals surface area contributed by atoms with E-state index in [0.29, 0.717) is 11.1 Å². The van der Waals surface area contributed by atoms with Gasteiger partial charge in [0.25, 0.3) is 0 Å². The van der Waals surface area contributed by atoms with Crippen LogP contribution in [0.2, 0.25) is 0 Å². The number of ether oxygens (including phenoxy) is 1. The Bertz CT molecular complexity index is 723. The Morgan fingerprint density at radius 2 is 1.59 bits per heavy atom. The summed E-state index contributed by atoms with van der Waals surface area (Å²) >= 11 is 0. The predicted molar refractivity (Wildman–Crippen MR) is 108 cm³/mol. The average molecular weight is 412 g/mol. The third kappa shape index (κ3) is 16.8. The summed E-state index contributed by atoms with van der Waals surface area (Å²) in [4.78, 5) is 18.6. The summed E-state index contributed by atoms with van der Waals surface area (Å²) in [6, 6.07) is 2.65. The maximum absolute atomic E-state index is 12.7. The molecule has 9 heteroatoms. The molecule has 0 aromatic carbocycles. The number of halogens is 2. The number of carbonyl (C=O) groups is 1. The van der Waals surface area contributed by atoms with E-state index in [2.05, 4.69) is 16.5 Å². The zero-order valence-electron chi connectivity index (χ0n) is 16.4. The molecule has 0 amide bonds. The van der Waals surface area contributed by atoms with E-state index in [4.69, 9.17) is 20.9 Å². The van der Waals surface area contributed by atoms with Gasteiger partial charge in [0.05, 0.1) is 18.8 Å². The van der Waals surface area contributed by atoms with E-state index < -0.39 is 11.4 Å².